The number of carboxylic acids is 1. The van der Waals surface area contributed by atoms with Crippen molar-refractivity contribution < 1.29 is 37.0 Å². The first-order valence-electron chi connectivity index (χ1n) is 11.3. The van der Waals surface area contributed by atoms with E-state index >= 15 is 0 Å². The maximum absolute atomic E-state index is 14.7. The van der Waals surface area contributed by atoms with E-state index in [0.29, 0.717) is 30.6 Å². The molecule has 0 saturated heterocycles. The first-order chi connectivity index (χ1) is 17.6. The number of carbonyl (C=O) groups is 2. The van der Waals surface area contributed by atoms with Crippen LogP contribution in [0.1, 0.15) is 41.2 Å². The number of carbonyl (C=O) groups excluding carboxylic acids is 1. The number of halogens is 5. The average molecular weight is 537 g/mol. The fourth-order valence-electron chi connectivity index (χ4n) is 4.22. The Morgan fingerprint density at radius 3 is 2.38 bits per heavy atom. The monoisotopic (exact) mass is 536 g/mol. The van der Waals surface area contributed by atoms with Crippen LogP contribution in [-0.4, -0.2) is 34.8 Å². The Hall–Kier alpha value is -3.66. The Morgan fingerprint density at radius 1 is 1.11 bits per heavy atom. The van der Waals surface area contributed by atoms with Crippen LogP contribution in [0.25, 0.3) is 11.1 Å². The molecule has 1 aliphatic rings. The third-order valence-electron chi connectivity index (χ3n) is 6.17. The number of ether oxygens (including phenoxy) is 1. The molecule has 0 radical (unpaired) electrons. The number of hydrogen-bond donors (Lipinski definition) is 2. The van der Waals surface area contributed by atoms with Crippen LogP contribution in [0, 0.1) is 11.7 Å². The Morgan fingerprint density at radius 2 is 1.81 bits per heavy atom. The van der Waals surface area contributed by atoms with Crippen molar-refractivity contribution in [3.63, 3.8) is 0 Å². The van der Waals surface area contributed by atoms with Crippen molar-refractivity contribution in [1.82, 2.24) is 4.98 Å². The molecule has 1 unspecified atom stereocenters. The van der Waals surface area contributed by atoms with E-state index < -0.39 is 42.1 Å². The lowest BCUT2D eigenvalue weighted by Crippen LogP contribution is -2.30. The minimum atomic E-state index is -3.19. The smallest absolute Gasteiger partial charge is 0.387 e. The number of pyridine rings is 1. The molecule has 2 aromatic carbocycles. The van der Waals surface area contributed by atoms with Crippen molar-refractivity contribution in [3.8, 4) is 16.9 Å². The molecular formula is C26H21ClF4N2O4. The van der Waals surface area contributed by atoms with Gasteiger partial charge in [0, 0.05) is 17.4 Å². The third-order valence-corrected chi connectivity index (χ3v) is 6.46. The molecule has 4 rings (SSSR count). The van der Waals surface area contributed by atoms with Crippen molar-refractivity contribution >= 4 is 29.2 Å². The standard InChI is InChI=1S/C26H21ClF4N2O4/c27-19-6-8-21(37-26(30)31)22(23(19)29)15-3-7-20(32-12-15)18(11-13-9-16(28)10-13)24(34)33-17-4-1-14(2-5-17)25(35)36/h1-8,12-13,16,18,26H,9-11H2,(H,33,34)(H,35,36). The van der Waals surface area contributed by atoms with Crippen LogP contribution in [0.4, 0.5) is 23.2 Å². The minimum absolute atomic E-state index is 0.0435. The van der Waals surface area contributed by atoms with Crippen LogP contribution < -0.4 is 10.1 Å². The van der Waals surface area contributed by atoms with Gasteiger partial charge in [0.25, 0.3) is 0 Å². The van der Waals surface area contributed by atoms with Crippen LogP contribution in [0.5, 0.6) is 5.75 Å². The molecule has 1 aromatic heterocycles. The molecule has 194 valence electrons. The highest BCUT2D eigenvalue weighted by Gasteiger charge is 2.34. The van der Waals surface area contributed by atoms with Crippen molar-refractivity contribution in [3.05, 3.63) is 76.8 Å². The number of nitrogens with zero attached hydrogens (tertiary/aromatic N) is 1. The predicted molar refractivity (Wildman–Crippen MR) is 128 cm³/mol. The van der Waals surface area contributed by atoms with E-state index in [9.17, 15) is 27.2 Å². The summed E-state index contributed by atoms with van der Waals surface area (Å²) in [6.07, 6.45) is 1.24. The fraction of sp³-hybridized carbons (Fsp3) is 0.269. The summed E-state index contributed by atoms with van der Waals surface area (Å²) in [4.78, 5) is 28.5. The fourth-order valence-corrected chi connectivity index (χ4v) is 4.38. The summed E-state index contributed by atoms with van der Waals surface area (Å²) in [6.45, 7) is -3.19. The van der Waals surface area contributed by atoms with Gasteiger partial charge in [-0.25, -0.2) is 13.6 Å². The number of aromatic carboxylic acids is 1. The largest absolute Gasteiger partial charge is 0.478 e. The molecule has 0 aliphatic heterocycles. The maximum Gasteiger partial charge on any atom is 0.387 e. The molecule has 1 saturated carbocycles. The van der Waals surface area contributed by atoms with Crippen LogP contribution in [0.3, 0.4) is 0 Å². The van der Waals surface area contributed by atoms with Gasteiger partial charge < -0.3 is 15.2 Å². The molecule has 2 N–H and O–H groups in total. The molecular weight excluding hydrogens is 516 g/mol. The zero-order valence-electron chi connectivity index (χ0n) is 19.1. The SMILES string of the molecule is O=C(O)c1ccc(NC(=O)C(CC2CC(F)C2)c2ccc(-c3c(OC(F)F)ccc(Cl)c3F)cn2)cc1. The number of nitrogens with one attached hydrogen (secondary N) is 1. The normalized spacial score (nSPS) is 17.7. The van der Waals surface area contributed by atoms with Crippen molar-refractivity contribution in [1.29, 1.82) is 0 Å². The zero-order valence-corrected chi connectivity index (χ0v) is 19.9. The van der Waals surface area contributed by atoms with Crippen LogP contribution >= 0.6 is 11.6 Å². The molecule has 1 fully saturated rings. The van der Waals surface area contributed by atoms with Crippen LogP contribution in [-0.2, 0) is 4.79 Å². The molecule has 11 heteroatoms. The first kappa shape index (κ1) is 26.4. The molecule has 0 spiro atoms. The number of benzene rings is 2. The van der Waals surface area contributed by atoms with E-state index in [2.05, 4.69) is 15.0 Å². The number of rotatable bonds is 9. The van der Waals surface area contributed by atoms with E-state index in [0.717, 1.165) is 12.1 Å². The van der Waals surface area contributed by atoms with Gasteiger partial charge in [-0.05, 0) is 67.6 Å². The van der Waals surface area contributed by atoms with Crippen molar-refractivity contribution in [2.24, 2.45) is 5.92 Å². The molecule has 0 bridgehead atoms. The van der Waals surface area contributed by atoms with Crippen LogP contribution in [0.15, 0.2) is 54.7 Å². The second-order valence-electron chi connectivity index (χ2n) is 8.68. The van der Waals surface area contributed by atoms with E-state index in [1.54, 1.807) is 0 Å². The van der Waals surface area contributed by atoms with Gasteiger partial charge in [0.05, 0.1) is 27.8 Å². The summed E-state index contributed by atoms with van der Waals surface area (Å²) < 4.78 is 58.3. The van der Waals surface area contributed by atoms with Gasteiger partial charge in [-0.15, -0.1) is 0 Å². The number of anilines is 1. The zero-order chi connectivity index (χ0) is 26.7. The Balaban J connectivity index is 1.61. The Labute approximate surface area is 214 Å². The molecule has 3 aromatic rings. The minimum Gasteiger partial charge on any atom is -0.478 e. The molecule has 37 heavy (non-hydrogen) atoms. The molecule has 1 amide bonds. The van der Waals surface area contributed by atoms with E-state index in [1.807, 2.05) is 0 Å². The Bertz CT molecular complexity index is 1280. The summed E-state index contributed by atoms with van der Waals surface area (Å²) in [5.41, 5.74) is 0.535. The van der Waals surface area contributed by atoms with E-state index in [-0.39, 0.29) is 27.6 Å². The van der Waals surface area contributed by atoms with Gasteiger partial charge >= 0.3 is 12.6 Å². The highest BCUT2D eigenvalue weighted by Crippen LogP contribution is 2.40. The summed E-state index contributed by atoms with van der Waals surface area (Å²) in [6, 6.07) is 10.7. The van der Waals surface area contributed by atoms with Gasteiger partial charge in [-0.1, -0.05) is 17.7 Å². The van der Waals surface area contributed by atoms with Gasteiger partial charge in [0.15, 0.2) is 5.82 Å². The summed E-state index contributed by atoms with van der Waals surface area (Å²) in [5, 5.41) is 11.5. The lowest BCUT2D eigenvalue weighted by Gasteiger charge is -2.32. The van der Waals surface area contributed by atoms with Gasteiger partial charge in [-0.2, -0.15) is 8.78 Å². The highest BCUT2D eigenvalue weighted by atomic mass is 35.5. The van der Waals surface area contributed by atoms with Gasteiger partial charge in [-0.3, -0.25) is 9.78 Å². The number of hydrogen-bond acceptors (Lipinski definition) is 4. The third kappa shape index (κ3) is 6.19. The van der Waals surface area contributed by atoms with Gasteiger partial charge in [0.1, 0.15) is 11.9 Å². The quantitative estimate of drug-likeness (QED) is 0.297. The lowest BCUT2D eigenvalue weighted by atomic mass is 9.76. The highest BCUT2D eigenvalue weighted by molar-refractivity contribution is 6.31. The summed E-state index contributed by atoms with van der Waals surface area (Å²) in [7, 11) is 0. The summed E-state index contributed by atoms with van der Waals surface area (Å²) >= 11 is 5.84. The second-order valence-corrected chi connectivity index (χ2v) is 9.09. The number of alkyl halides is 3. The van der Waals surface area contributed by atoms with Crippen LogP contribution in [0.2, 0.25) is 5.02 Å². The lowest BCUT2D eigenvalue weighted by molar-refractivity contribution is -0.118. The van der Waals surface area contributed by atoms with E-state index in [4.69, 9.17) is 16.7 Å². The predicted octanol–water partition coefficient (Wildman–Crippen LogP) is 6.70. The first-order valence-corrected chi connectivity index (χ1v) is 11.7. The van der Waals surface area contributed by atoms with E-state index in [1.165, 1.54) is 42.6 Å². The summed E-state index contributed by atoms with van der Waals surface area (Å²) in [5.74, 6) is -3.78. The maximum atomic E-state index is 14.7. The average Bonchev–Trinajstić information content (AvgIpc) is 2.84. The topological polar surface area (TPSA) is 88.5 Å². The second kappa shape index (κ2) is 11.2. The molecule has 6 nitrogen and oxygen atoms in total. The Kier molecular flexibility index (Phi) is 7.97. The molecule has 1 heterocycles. The number of amides is 1. The number of aromatic nitrogens is 1. The van der Waals surface area contributed by atoms with Gasteiger partial charge in [0.2, 0.25) is 5.91 Å². The number of carboxylic acid groups (broad SMARTS) is 1. The van der Waals surface area contributed by atoms with Crippen molar-refractivity contribution in [2.45, 2.75) is 38.0 Å². The molecule has 1 aliphatic carbocycles. The van der Waals surface area contributed by atoms with Crippen molar-refractivity contribution in [2.75, 3.05) is 5.32 Å². The molecule has 1 atom stereocenters.